The summed E-state index contributed by atoms with van der Waals surface area (Å²) < 4.78 is 21.5. The third-order valence-electron chi connectivity index (χ3n) is 12.0. The Morgan fingerprint density at radius 1 is 0.328 bits per heavy atom. The minimum Gasteiger partial charge on any atom is -0.456 e. The lowest BCUT2D eigenvalue weighted by Crippen LogP contribution is -1.95. The van der Waals surface area contributed by atoms with Crippen molar-refractivity contribution in [3.05, 3.63) is 170 Å². The summed E-state index contributed by atoms with van der Waals surface area (Å²) in [6.07, 6.45) is 0. The third kappa shape index (κ3) is 3.92. The van der Waals surface area contributed by atoms with E-state index >= 15 is 0 Å². The SMILES string of the molecule is c1ccc2c(c1)nc1n(-c3ccc4oc5ccccc5c4c3)c3ccc(-c4ccc5c(c4)n4c6ccccc6nc4n5-c4ccc5oc6ccccc6c5c4)cc3n21. The van der Waals surface area contributed by atoms with Crippen LogP contribution in [0.3, 0.4) is 0 Å². The maximum Gasteiger partial charge on any atom is 0.220 e. The molecule has 0 unspecified atom stereocenters. The van der Waals surface area contributed by atoms with Crippen LogP contribution < -0.4 is 0 Å². The van der Waals surface area contributed by atoms with Crippen molar-refractivity contribution >= 4 is 99.6 Å². The van der Waals surface area contributed by atoms with Gasteiger partial charge >= 0.3 is 0 Å². The Balaban J connectivity index is 1.00. The van der Waals surface area contributed by atoms with E-state index in [-0.39, 0.29) is 0 Å². The van der Waals surface area contributed by atoms with Gasteiger partial charge in [0.25, 0.3) is 0 Å². The number of benzene rings is 8. The van der Waals surface area contributed by atoms with Gasteiger partial charge in [0.1, 0.15) is 22.3 Å². The van der Waals surface area contributed by atoms with Gasteiger partial charge in [-0.05, 0) is 108 Å². The highest BCUT2D eigenvalue weighted by molar-refractivity contribution is 6.07. The Bertz CT molecular complexity index is 3790. The molecule has 0 N–H and O–H groups in total. The molecule has 14 aromatic rings. The molecule has 270 valence electrons. The lowest BCUT2D eigenvalue weighted by Gasteiger charge is -2.08. The van der Waals surface area contributed by atoms with Gasteiger partial charge < -0.3 is 8.83 Å². The fourth-order valence-electron chi connectivity index (χ4n) is 9.37. The first-order valence-corrected chi connectivity index (χ1v) is 19.4. The molecule has 0 aliphatic carbocycles. The lowest BCUT2D eigenvalue weighted by atomic mass is 10.0. The van der Waals surface area contributed by atoms with Gasteiger partial charge in [0.05, 0.1) is 55.5 Å². The van der Waals surface area contributed by atoms with E-state index in [0.29, 0.717) is 0 Å². The molecular weight excluding hydrogens is 717 g/mol. The average molecular weight is 745 g/mol. The zero-order chi connectivity index (χ0) is 37.6. The van der Waals surface area contributed by atoms with Gasteiger partial charge in [-0.2, -0.15) is 0 Å². The number of rotatable bonds is 3. The maximum atomic E-state index is 6.20. The quantitative estimate of drug-likeness (QED) is 0.181. The Hall–Kier alpha value is -8.10. The van der Waals surface area contributed by atoms with Gasteiger partial charge in [-0.3, -0.25) is 17.9 Å². The molecule has 8 aromatic carbocycles. The topological polar surface area (TPSA) is 70.7 Å². The summed E-state index contributed by atoms with van der Waals surface area (Å²) in [4.78, 5) is 10.4. The monoisotopic (exact) mass is 744 g/mol. The summed E-state index contributed by atoms with van der Waals surface area (Å²) in [6, 6.07) is 59.5. The van der Waals surface area contributed by atoms with Crippen molar-refractivity contribution in [1.29, 1.82) is 0 Å². The van der Waals surface area contributed by atoms with Crippen LogP contribution >= 0.6 is 0 Å². The first-order chi connectivity index (χ1) is 28.7. The molecule has 8 heteroatoms. The molecule has 0 atom stereocenters. The Kier molecular flexibility index (Phi) is 5.62. The molecule has 58 heavy (non-hydrogen) atoms. The van der Waals surface area contributed by atoms with Crippen molar-refractivity contribution in [3.8, 4) is 22.5 Å². The van der Waals surface area contributed by atoms with Crippen LogP contribution in [0.5, 0.6) is 0 Å². The molecule has 0 aliphatic heterocycles. The number of para-hydroxylation sites is 6. The number of nitrogens with zero attached hydrogens (tertiary/aromatic N) is 6. The van der Waals surface area contributed by atoms with Crippen molar-refractivity contribution < 1.29 is 8.83 Å². The summed E-state index contributed by atoms with van der Waals surface area (Å²) in [5.74, 6) is 1.73. The van der Waals surface area contributed by atoms with Crippen molar-refractivity contribution in [2.45, 2.75) is 0 Å². The zero-order valence-electron chi connectivity index (χ0n) is 30.7. The predicted octanol–water partition coefficient (Wildman–Crippen LogP) is 12.6. The second-order valence-electron chi connectivity index (χ2n) is 15.1. The number of imidazole rings is 4. The number of aromatic nitrogens is 6. The summed E-state index contributed by atoms with van der Waals surface area (Å²) in [5.41, 5.74) is 16.1. The van der Waals surface area contributed by atoms with Crippen molar-refractivity contribution in [3.63, 3.8) is 0 Å². The van der Waals surface area contributed by atoms with Crippen molar-refractivity contribution in [1.82, 2.24) is 27.9 Å². The summed E-state index contributed by atoms with van der Waals surface area (Å²) in [7, 11) is 0. The van der Waals surface area contributed by atoms with Gasteiger partial charge in [-0.1, -0.05) is 72.8 Å². The van der Waals surface area contributed by atoms with Crippen molar-refractivity contribution in [2.75, 3.05) is 0 Å². The third-order valence-corrected chi connectivity index (χ3v) is 12.0. The molecular formula is C50H28N6O2. The first kappa shape index (κ1) is 30.2. The van der Waals surface area contributed by atoms with Gasteiger partial charge in [0, 0.05) is 21.5 Å². The van der Waals surface area contributed by atoms with E-state index in [2.05, 4.69) is 151 Å². The second-order valence-corrected chi connectivity index (χ2v) is 15.1. The lowest BCUT2D eigenvalue weighted by molar-refractivity contribution is 0.668. The normalized spacial score (nSPS) is 12.5. The van der Waals surface area contributed by atoms with E-state index in [0.717, 1.165) is 122 Å². The summed E-state index contributed by atoms with van der Waals surface area (Å²) in [6.45, 7) is 0. The largest absolute Gasteiger partial charge is 0.456 e. The van der Waals surface area contributed by atoms with E-state index in [1.807, 2.05) is 36.4 Å². The van der Waals surface area contributed by atoms with E-state index in [4.69, 9.17) is 18.8 Å². The standard InChI is InChI=1S/C50H28N6O2/c1-7-15-45-33(9-1)35-27-31(19-23-47(35)57-45)53-41-21-17-29(25-43(41)55-39-13-5-3-11-37(39)51-49(53)55)30-18-22-42-44(26-30)56-40-14-6-4-12-38(40)52-50(56)54(42)32-20-24-48-36(28-32)34-10-2-8-16-46(34)58-48/h1-28H. The summed E-state index contributed by atoms with van der Waals surface area (Å²) in [5, 5.41) is 4.36. The van der Waals surface area contributed by atoms with Crippen LogP contribution in [0, 0.1) is 0 Å². The van der Waals surface area contributed by atoms with Gasteiger partial charge in [0.15, 0.2) is 0 Å². The molecule has 14 rings (SSSR count). The fraction of sp³-hybridized carbons (Fsp3) is 0. The number of hydrogen-bond donors (Lipinski definition) is 0. The van der Waals surface area contributed by atoms with E-state index in [9.17, 15) is 0 Å². The molecule has 0 radical (unpaired) electrons. The highest BCUT2D eigenvalue weighted by atomic mass is 16.3. The number of furan rings is 2. The Morgan fingerprint density at radius 2 is 0.759 bits per heavy atom. The Morgan fingerprint density at radius 3 is 1.26 bits per heavy atom. The van der Waals surface area contributed by atoms with E-state index < -0.39 is 0 Å². The van der Waals surface area contributed by atoms with Gasteiger partial charge in [-0.15, -0.1) is 0 Å². The first-order valence-electron chi connectivity index (χ1n) is 19.4. The molecule has 6 heterocycles. The molecule has 0 fully saturated rings. The maximum absolute atomic E-state index is 6.20. The van der Waals surface area contributed by atoms with E-state index in [1.165, 1.54) is 0 Å². The molecule has 0 bridgehead atoms. The second kappa shape index (κ2) is 10.8. The van der Waals surface area contributed by atoms with Crippen LogP contribution in [0.1, 0.15) is 0 Å². The molecule has 8 nitrogen and oxygen atoms in total. The minimum absolute atomic E-state index is 0.863. The van der Waals surface area contributed by atoms with Crippen LogP contribution in [0.15, 0.2) is 179 Å². The van der Waals surface area contributed by atoms with Crippen LogP contribution in [0.4, 0.5) is 0 Å². The molecule has 0 amide bonds. The molecule has 0 saturated heterocycles. The van der Waals surface area contributed by atoms with Crippen LogP contribution in [0.25, 0.3) is 122 Å². The molecule has 6 aromatic heterocycles. The van der Waals surface area contributed by atoms with Crippen molar-refractivity contribution in [2.24, 2.45) is 0 Å². The van der Waals surface area contributed by atoms with E-state index in [1.54, 1.807) is 0 Å². The van der Waals surface area contributed by atoms with Crippen LogP contribution in [-0.4, -0.2) is 27.9 Å². The predicted molar refractivity (Wildman–Crippen MR) is 233 cm³/mol. The summed E-state index contributed by atoms with van der Waals surface area (Å²) >= 11 is 0. The Labute approximate surface area is 327 Å². The highest BCUT2D eigenvalue weighted by Gasteiger charge is 2.22. The number of fused-ring (bicyclic) bond motifs is 16. The van der Waals surface area contributed by atoms with Crippen LogP contribution in [0.2, 0.25) is 0 Å². The number of hydrogen-bond acceptors (Lipinski definition) is 4. The average Bonchev–Trinajstić information content (AvgIpc) is 4.11. The molecule has 0 saturated carbocycles. The van der Waals surface area contributed by atoms with Gasteiger partial charge in [0.2, 0.25) is 11.6 Å². The highest BCUT2D eigenvalue weighted by Crippen LogP contribution is 2.38. The minimum atomic E-state index is 0.863. The molecule has 0 spiro atoms. The zero-order valence-corrected chi connectivity index (χ0v) is 30.7. The molecule has 0 aliphatic rings. The van der Waals surface area contributed by atoms with Gasteiger partial charge in [-0.25, -0.2) is 9.97 Å². The van der Waals surface area contributed by atoms with Crippen LogP contribution in [-0.2, 0) is 0 Å². The fourth-order valence-corrected chi connectivity index (χ4v) is 9.37. The smallest absolute Gasteiger partial charge is 0.220 e.